The number of nitrogens with two attached hydrogens (primary N) is 1. The molecule has 106 valence electrons. The van der Waals surface area contributed by atoms with Gasteiger partial charge in [-0.05, 0) is 31.2 Å². The Kier molecular flexibility index (Phi) is 4.63. The third-order valence-electron chi connectivity index (χ3n) is 3.12. The molecule has 4 nitrogen and oxygen atoms in total. The number of thiocarbonyl (C=S) groups is 1. The van der Waals surface area contributed by atoms with Crippen molar-refractivity contribution in [3.05, 3.63) is 47.9 Å². The van der Waals surface area contributed by atoms with E-state index in [4.69, 9.17) is 27.1 Å². The quantitative estimate of drug-likeness (QED) is 0.829. The number of benzene rings is 1. The fourth-order valence-electron chi connectivity index (χ4n) is 2.07. The van der Waals surface area contributed by atoms with E-state index in [0.717, 1.165) is 29.3 Å². The second kappa shape index (κ2) is 6.43. The lowest BCUT2D eigenvalue weighted by molar-refractivity contribution is 0.414. The second-order valence-corrected chi connectivity index (χ2v) is 4.78. The lowest BCUT2D eigenvalue weighted by atomic mass is 10.1. The fourth-order valence-corrected chi connectivity index (χ4v) is 2.24. The second-order valence-electron chi connectivity index (χ2n) is 4.34. The first-order chi connectivity index (χ1) is 9.65. The smallest absolute Gasteiger partial charge is 0.123 e. The van der Waals surface area contributed by atoms with Gasteiger partial charge in [-0.3, -0.25) is 0 Å². The minimum atomic E-state index is 0.376. The van der Waals surface area contributed by atoms with Crippen molar-refractivity contribution in [3.63, 3.8) is 0 Å². The van der Waals surface area contributed by atoms with Crippen LogP contribution in [-0.4, -0.2) is 18.6 Å². The molecule has 0 aliphatic carbocycles. The Morgan fingerprint density at radius 3 is 2.75 bits per heavy atom. The van der Waals surface area contributed by atoms with E-state index >= 15 is 0 Å². The van der Waals surface area contributed by atoms with Gasteiger partial charge in [0.25, 0.3) is 0 Å². The molecule has 0 aliphatic rings. The summed E-state index contributed by atoms with van der Waals surface area (Å²) in [4.78, 5) is 2.52. The van der Waals surface area contributed by atoms with Crippen LogP contribution < -0.4 is 15.4 Å². The van der Waals surface area contributed by atoms with E-state index in [1.165, 1.54) is 0 Å². The Morgan fingerprint density at radius 1 is 1.40 bits per heavy atom. The predicted molar refractivity (Wildman–Crippen MR) is 84.3 cm³/mol. The number of rotatable bonds is 6. The van der Waals surface area contributed by atoms with Crippen LogP contribution in [0.5, 0.6) is 5.75 Å². The standard InChI is InChI=1S/C15H18N2O2S/c1-3-17(10-12-5-4-8-19-12)14-9-11(18-2)6-7-13(14)15(16)20/h4-9H,3,10H2,1-2H3,(H2,16,20). The van der Waals surface area contributed by atoms with Crippen molar-refractivity contribution in [3.8, 4) is 5.75 Å². The molecular formula is C15H18N2O2S. The zero-order valence-electron chi connectivity index (χ0n) is 11.6. The van der Waals surface area contributed by atoms with Crippen molar-refractivity contribution in [2.45, 2.75) is 13.5 Å². The Hall–Kier alpha value is -2.01. The number of nitrogens with zero attached hydrogens (tertiary/aromatic N) is 1. The Morgan fingerprint density at radius 2 is 2.20 bits per heavy atom. The maximum atomic E-state index is 5.81. The minimum Gasteiger partial charge on any atom is -0.497 e. The van der Waals surface area contributed by atoms with Crippen LogP contribution in [0.3, 0.4) is 0 Å². The van der Waals surface area contributed by atoms with E-state index < -0.39 is 0 Å². The molecule has 2 rings (SSSR count). The first-order valence-electron chi connectivity index (χ1n) is 6.41. The first-order valence-corrected chi connectivity index (χ1v) is 6.81. The molecule has 5 heteroatoms. The lowest BCUT2D eigenvalue weighted by Crippen LogP contribution is -2.25. The summed E-state index contributed by atoms with van der Waals surface area (Å²) in [5, 5.41) is 0. The SMILES string of the molecule is CCN(Cc1ccco1)c1cc(OC)ccc1C(N)=S. The van der Waals surface area contributed by atoms with Crippen LogP contribution in [0.1, 0.15) is 18.2 Å². The van der Waals surface area contributed by atoms with Crippen molar-refractivity contribution >= 4 is 22.9 Å². The molecule has 0 aliphatic heterocycles. The highest BCUT2D eigenvalue weighted by molar-refractivity contribution is 7.80. The van der Waals surface area contributed by atoms with Gasteiger partial charge >= 0.3 is 0 Å². The van der Waals surface area contributed by atoms with Crippen LogP contribution in [0.15, 0.2) is 41.0 Å². The van der Waals surface area contributed by atoms with Gasteiger partial charge in [0.15, 0.2) is 0 Å². The van der Waals surface area contributed by atoms with E-state index in [2.05, 4.69) is 11.8 Å². The average Bonchev–Trinajstić information content (AvgIpc) is 2.97. The van der Waals surface area contributed by atoms with Gasteiger partial charge in [-0.15, -0.1) is 0 Å². The van der Waals surface area contributed by atoms with Gasteiger partial charge in [0.05, 0.1) is 25.6 Å². The summed E-state index contributed by atoms with van der Waals surface area (Å²) in [5.41, 5.74) is 7.61. The average molecular weight is 290 g/mol. The molecule has 0 saturated carbocycles. The monoisotopic (exact) mass is 290 g/mol. The number of hydrogen-bond acceptors (Lipinski definition) is 4. The van der Waals surface area contributed by atoms with Gasteiger partial charge in [0.2, 0.25) is 0 Å². The van der Waals surface area contributed by atoms with Crippen LogP contribution in [0.4, 0.5) is 5.69 Å². The number of methoxy groups -OCH3 is 1. The largest absolute Gasteiger partial charge is 0.497 e. The molecule has 0 amide bonds. The van der Waals surface area contributed by atoms with Crippen molar-refractivity contribution < 1.29 is 9.15 Å². The molecule has 2 N–H and O–H groups in total. The van der Waals surface area contributed by atoms with Gasteiger partial charge in [0.1, 0.15) is 16.5 Å². The zero-order chi connectivity index (χ0) is 14.5. The predicted octanol–water partition coefficient (Wildman–Crippen LogP) is 2.95. The third kappa shape index (κ3) is 3.11. The zero-order valence-corrected chi connectivity index (χ0v) is 12.4. The lowest BCUT2D eigenvalue weighted by Gasteiger charge is -2.25. The van der Waals surface area contributed by atoms with Crippen LogP contribution in [-0.2, 0) is 6.54 Å². The number of furan rings is 1. The molecule has 1 heterocycles. The van der Waals surface area contributed by atoms with Gasteiger partial charge in [0, 0.05) is 18.2 Å². The van der Waals surface area contributed by atoms with Crippen molar-refractivity contribution in [1.82, 2.24) is 0 Å². The van der Waals surface area contributed by atoms with E-state index in [0.29, 0.717) is 11.5 Å². The van der Waals surface area contributed by atoms with Gasteiger partial charge in [-0.1, -0.05) is 12.2 Å². The van der Waals surface area contributed by atoms with Crippen LogP contribution in [0.25, 0.3) is 0 Å². The number of ether oxygens (including phenoxy) is 1. The van der Waals surface area contributed by atoms with Crippen LogP contribution >= 0.6 is 12.2 Å². The van der Waals surface area contributed by atoms with Gasteiger partial charge in [-0.2, -0.15) is 0 Å². The molecule has 0 radical (unpaired) electrons. The van der Waals surface area contributed by atoms with E-state index in [1.54, 1.807) is 13.4 Å². The summed E-state index contributed by atoms with van der Waals surface area (Å²) in [7, 11) is 1.64. The topological polar surface area (TPSA) is 51.6 Å². The number of hydrogen-bond donors (Lipinski definition) is 1. The highest BCUT2D eigenvalue weighted by atomic mass is 32.1. The van der Waals surface area contributed by atoms with E-state index in [-0.39, 0.29) is 0 Å². The molecule has 2 aromatic rings. The highest BCUT2D eigenvalue weighted by Crippen LogP contribution is 2.27. The normalized spacial score (nSPS) is 10.3. The minimum absolute atomic E-state index is 0.376. The van der Waals surface area contributed by atoms with E-state index in [9.17, 15) is 0 Å². The maximum Gasteiger partial charge on any atom is 0.123 e. The molecule has 20 heavy (non-hydrogen) atoms. The molecule has 0 bridgehead atoms. The molecule has 0 unspecified atom stereocenters. The highest BCUT2D eigenvalue weighted by Gasteiger charge is 2.14. The maximum absolute atomic E-state index is 5.81. The fraction of sp³-hybridized carbons (Fsp3) is 0.267. The van der Waals surface area contributed by atoms with Crippen molar-refractivity contribution in [1.29, 1.82) is 0 Å². The summed E-state index contributed by atoms with van der Waals surface area (Å²) in [6.07, 6.45) is 1.67. The molecule has 0 spiro atoms. The molecular weight excluding hydrogens is 272 g/mol. The van der Waals surface area contributed by atoms with Gasteiger partial charge < -0.3 is 19.8 Å². The van der Waals surface area contributed by atoms with Crippen molar-refractivity contribution in [2.24, 2.45) is 5.73 Å². The van der Waals surface area contributed by atoms with Crippen LogP contribution in [0, 0.1) is 0 Å². The summed E-state index contributed by atoms with van der Waals surface area (Å²) >= 11 is 5.13. The Balaban J connectivity index is 2.38. The summed E-state index contributed by atoms with van der Waals surface area (Å²) < 4.78 is 10.7. The summed E-state index contributed by atoms with van der Waals surface area (Å²) in [6.45, 7) is 3.54. The van der Waals surface area contributed by atoms with Gasteiger partial charge in [-0.25, -0.2) is 0 Å². The molecule has 0 fully saturated rings. The third-order valence-corrected chi connectivity index (χ3v) is 3.34. The molecule has 0 atom stereocenters. The molecule has 1 aromatic carbocycles. The number of anilines is 1. The molecule has 1 aromatic heterocycles. The first kappa shape index (κ1) is 14.4. The summed E-state index contributed by atoms with van der Waals surface area (Å²) in [5.74, 6) is 1.67. The van der Waals surface area contributed by atoms with Crippen LogP contribution in [0.2, 0.25) is 0 Å². The Bertz CT molecular complexity index is 582. The van der Waals surface area contributed by atoms with Crippen molar-refractivity contribution in [2.75, 3.05) is 18.6 Å². The Labute approximate surface area is 124 Å². The molecule has 0 saturated heterocycles. The van der Waals surface area contributed by atoms with E-state index in [1.807, 2.05) is 30.3 Å². The summed E-state index contributed by atoms with van der Waals surface area (Å²) in [6, 6.07) is 9.52.